The van der Waals surface area contributed by atoms with E-state index in [1.165, 1.54) is 0 Å². The minimum Gasteiger partial charge on any atom is -0.491 e. The van der Waals surface area contributed by atoms with Gasteiger partial charge in [-0.2, -0.15) is 0 Å². The summed E-state index contributed by atoms with van der Waals surface area (Å²) in [4.78, 5) is 36.4. The van der Waals surface area contributed by atoms with Crippen molar-refractivity contribution in [2.24, 2.45) is 0 Å². The van der Waals surface area contributed by atoms with Gasteiger partial charge in [0.1, 0.15) is 11.3 Å². The quantitative estimate of drug-likeness (QED) is 0.501. The van der Waals surface area contributed by atoms with Gasteiger partial charge in [0.15, 0.2) is 0 Å². The van der Waals surface area contributed by atoms with Crippen molar-refractivity contribution in [3.05, 3.63) is 70.1 Å². The van der Waals surface area contributed by atoms with Crippen LogP contribution >= 0.6 is 0 Å². The number of nitrogens with one attached hydrogen (secondary N) is 1. The molecular weight excluding hydrogens is 374 g/mol. The van der Waals surface area contributed by atoms with Gasteiger partial charge in [-0.25, -0.2) is 9.59 Å². The summed E-state index contributed by atoms with van der Waals surface area (Å²) in [6, 6.07) is 12.4. The number of esters is 1. The Balaban J connectivity index is 1.87. The number of carbonyl (C=O) groups excluding carboxylic acids is 2. The minimum atomic E-state index is -0.637. The molecule has 0 atom stereocenters. The van der Waals surface area contributed by atoms with Gasteiger partial charge in [-0.3, -0.25) is 4.79 Å². The van der Waals surface area contributed by atoms with Crippen molar-refractivity contribution in [1.29, 1.82) is 0 Å². The molecule has 1 aromatic heterocycles. The van der Waals surface area contributed by atoms with Crippen LogP contribution in [0.3, 0.4) is 0 Å². The highest BCUT2D eigenvalue weighted by Gasteiger charge is 2.15. The van der Waals surface area contributed by atoms with Gasteiger partial charge >= 0.3 is 11.6 Å². The molecule has 7 nitrogen and oxygen atoms in total. The van der Waals surface area contributed by atoms with Crippen LogP contribution in [0.5, 0.6) is 5.75 Å². The number of anilines is 1. The van der Waals surface area contributed by atoms with Gasteiger partial charge in [-0.05, 0) is 57.2 Å². The SMILES string of the molecule is CCOC(=O)c1ccc(NC(=O)c2cc(=O)oc3cc(OC(C)C)ccc23)cc1. The van der Waals surface area contributed by atoms with Crippen molar-refractivity contribution >= 4 is 28.5 Å². The molecular formula is C22H21NO6. The van der Waals surface area contributed by atoms with Gasteiger partial charge in [0.05, 0.1) is 23.8 Å². The molecule has 29 heavy (non-hydrogen) atoms. The van der Waals surface area contributed by atoms with Crippen molar-refractivity contribution < 1.29 is 23.5 Å². The summed E-state index contributed by atoms with van der Waals surface area (Å²) in [6.45, 7) is 5.78. The summed E-state index contributed by atoms with van der Waals surface area (Å²) < 4.78 is 15.8. The van der Waals surface area contributed by atoms with Crippen molar-refractivity contribution in [3.8, 4) is 5.75 Å². The maximum absolute atomic E-state index is 12.7. The number of fused-ring (bicyclic) bond motifs is 1. The smallest absolute Gasteiger partial charge is 0.338 e. The summed E-state index contributed by atoms with van der Waals surface area (Å²) >= 11 is 0. The van der Waals surface area contributed by atoms with Crippen LogP contribution in [0.25, 0.3) is 11.0 Å². The monoisotopic (exact) mass is 395 g/mol. The van der Waals surface area contributed by atoms with Crippen LogP contribution in [0.2, 0.25) is 0 Å². The molecule has 3 aromatic rings. The predicted molar refractivity (Wildman–Crippen MR) is 109 cm³/mol. The average molecular weight is 395 g/mol. The first-order chi connectivity index (χ1) is 13.9. The van der Waals surface area contributed by atoms with E-state index in [2.05, 4.69) is 5.32 Å². The Hall–Kier alpha value is -3.61. The topological polar surface area (TPSA) is 94.8 Å². The van der Waals surface area contributed by atoms with E-state index in [0.717, 1.165) is 6.07 Å². The fourth-order valence-corrected chi connectivity index (χ4v) is 2.78. The zero-order chi connectivity index (χ0) is 21.0. The molecule has 0 unspecified atom stereocenters. The zero-order valence-corrected chi connectivity index (χ0v) is 16.4. The van der Waals surface area contributed by atoms with E-state index < -0.39 is 17.5 Å². The van der Waals surface area contributed by atoms with Gasteiger partial charge in [0, 0.05) is 23.2 Å². The highest BCUT2D eigenvalue weighted by molar-refractivity contribution is 6.12. The summed E-state index contributed by atoms with van der Waals surface area (Å²) in [7, 11) is 0. The van der Waals surface area contributed by atoms with E-state index in [9.17, 15) is 14.4 Å². The number of benzene rings is 2. The summed E-state index contributed by atoms with van der Waals surface area (Å²) in [5.74, 6) is -0.358. The molecule has 0 radical (unpaired) electrons. The molecule has 0 fully saturated rings. The molecule has 0 aliphatic rings. The lowest BCUT2D eigenvalue weighted by molar-refractivity contribution is 0.0526. The maximum atomic E-state index is 12.7. The molecule has 3 rings (SSSR count). The molecule has 0 saturated heterocycles. The molecule has 7 heteroatoms. The third-order valence-electron chi connectivity index (χ3n) is 3.99. The Bertz CT molecular complexity index is 1100. The first-order valence-corrected chi connectivity index (χ1v) is 9.20. The predicted octanol–water partition coefficient (Wildman–Crippen LogP) is 4.01. The highest BCUT2D eigenvalue weighted by atomic mass is 16.5. The fourth-order valence-electron chi connectivity index (χ4n) is 2.78. The van der Waals surface area contributed by atoms with E-state index in [1.54, 1.807) is 49.4 Å². The average Bonchev–Trinajstić information content (AvgIpc) is 2.67. The second kappa shape index (κ2) is 8.60. The lowest BCUT2D eigenvalue weighted by atomic mass is 10.1. The van der Waals surface area contributed by atoms with E-state index in [1.807, 2.05) is 13.8 Å². The number of carbonyl (C=O) groups is 2. The first kappa shape index (κ1) is 20.1. The largest absolute Gasteiger partial charge is 0.491 e. The summed E-state index contributed by atoms with van der Waals surface area (Å²) in [5, 5.41) is 3.21. The van der Waals surface area contributed by atoms with Crippen molar-refractivity contribution in [2.75, 3.05) is 11.9 Å². The normalized spacial score (nSPS) is 10.8. The zero-order valence-electron chi connectivity index (χ0n) is 16.4. The van der Waals surface area contributed by atoms with Crippen LogP contribution in [0.4, 0.5) is 5.69 Å². The van der Waals surface area contributed by atoms with E-state index in [0.29, 0.717) is 22.4 Å². The van der Waals surface area contributed by atoms with Gasteiger partial charge in [-0.1, -0.05) is 0 Å². The first-order valence-electron chi connectivity index (χ1n) is 9.20. The van der Waals surface area contributed by atoms with Gasteiger partial charge < -0.3 is 19.2 Å². The number of hydrogen-bond acceptors (Lipinski definition) is 6. The summed E-state index contributed by atoms with van der Waals surface area (Å²) in [6.07, 6.45) is -0.0387. The third-order valence-corrected chi connectivity index (χ3v) is 3.99. The standard InChI is InChI=1S/C22H21NO6/c1-4-27-22(26)14-5-7-15(8-6-14)23-21(25)18-12-20(24)29-19-11-16(28-13(2)3)9-10-17(18)19/h5-13H,4H2,1-3H3,(H,23,25). The Morgan fingerprint density at radius 2 is 1.79 bits per heavy atom. The van der Waals surface area contributed by atoms with Crippen LogP contribution < -0.4 is 15.7 Å². The molecule has 0 aliphatic carbocycles. The molecule has 0 bridgehead atoms. The van der Waals surface area contributed by atoms with Crippen molar-refractivity contribution in [2.45, 2.75) is 26.9 Å². The molecule has 0 saturated carbocycles. The molecule has 1 heterocycles. The van der Waals surface area contributed by atoms with Crippen molar-refractivity contribution in [1.82, 2.24) is 0 Å². The number of amides is 1. The second-order valence-electron chi connectivity index (χ2n) is 6.56. The van der Waals surface area contributed by atoms with Crippen LogP contribution in [-0.2, 0) is 4.74 Å². The van der Waals surface area contributed by atoms with E-state index in [-0.39, 0.29) is 23.9 Å². The molecule has 2 aromatic carbocycles. The number of ether oxygens (including phenoxy) is 2. The Morgan fingerprint density at radius 1 is 1.07 bits per heavy atom. The van der Waals surface area contributed by atoms with Crippen LogP contribution in [0.15, 0.2) is 57.7 Å². The Labute approximate surface area is 167 Å². The van der Waals surface area contributed by atoms with E-state index >= 15 is 0 Å². The van der Waals surface area contributed by atoms with Crippen LogP contribution in [0, 0.1) is 0 Å². The molecule has 1 amide bonds. The lowest BCUT2D eigenvalue weighted by Gasteiger charge is -2.11. The maximum Gasteiger partial charge on any atom is 0.338 e. The number of hydrogen-bond donors (Lipinski definition) is 1. The highest BCUT2D eigenvalue weighted by Crippen LogP contribution is 2.24. The van der Waals surface area contributed by atoms with Gasteiger partial charge in [0.25, 0.3) is 5.91 Å². The van der Waals surface area contributed by atoms with E-state index in [4.69, 9.17) is 13.9 Å². The van der Waals surface area contributed by atoms with Gasteiger partial charge in [-0.15, -0.1) is 0 Å². The second-order valence-corrected chi connectivity index (χ2v) is 6.56. The van der Waals surface area contributed by atoms with Crippen LogP contribution in [-0.4, -0.2) is 24.6 Å². The summed E-state index contributed by atoms with van der Waals surface area (Å²) in [5.41, 5.74) is 0.666. The molecule has 0 spiro atoms. The van der Waals surface area contributed by atoms with Crippen LogP contribution in [0.1, 0.15) is 41.5 Å². The molecule has 1 N–H and O–H groups in total. The minimum absolute atomic E-state index is 0.0387. The molecule has 150 valence electrons. The van der Waals surface area contributed by atoms with Crippen molar-refractivity contribution in [3.63, 3.8) is 0 Å². The fraction of sp³-hybridized carbons (Fsp3) is 0.227. The van der Waals surface area contributed by atoms with Gasteiger partial charge in [0.2, 0.25) is 0 Å². The number of rotatable bonds is 6. The Morgan fingerprint density at radius 3 is 2.45 bits per heavy atom. The molecule has 0 aliphatic heterocycles. The lowest BCUT2D eigenvalue weighted by Crippen LogP contribution is -2.15. The Kier molecular flexibility index (Phi) is 5.97. The third kappa shape index (κ3) is 4.82.